The number of ether oxygens (including phenoxy) is 1. The first-order chi connectivity index (χ1) is 12.4. The minimum absolute atomic E-state index is 0.0469. The SMILES string of the molecule is Cc1cc(C)c2nc(NC(=O)CCCOc3ccc(Cl)c(C)c3)sc2c1. The number of amides is 1. The van der Waals surface area contributed by atoms with Crippen LogP contribution in [0.2, 0.25) is 5.02 Å². The molecule has 4 nitrogen and oxygen atoms in total. The second-order valence-corrected chi connectivity index (χ2v) is 7.80. The third kappa shape index (κ3) is 4.54. The van der Waals surface area contributed by atoms with E-state index in [4.69, 9.17) is 16.3 Å². The molecular weight excluding hydrogens is 368 g/mol. The van der Waals surface area contributed by atoms with Crippen LogP contribution in [-0.2, 0) is 4.79 Å². The van der Waals surface area contributed by atoms with Crippen molar-refractivity contribution in [2.75, 3.05) is 11.9 Å². The molecule has 0 aliphatic carbocycles. The Labute approximate surface area is 162 Å². The maximum absolute atomic E-state index is 12.1. The van der Waals surface area contributed by atoms with Gasteiger partial charge in [-0.05, 0) is 68.1 Å². The number of hydrogen-bond acceptors (Lipinski definition) is 4. The molecule has 0 saturated heterocycles. The van der Waals surface area contributed by atoms with Crippen molar-refractivity contribution >= 4 is 44.2 Å². The summed E-state index contributed by atoms with van der Waals surface area (Å²) in [7, 11) is 0. The van der Waals surface area contributed by atoms with Crippen molar-refractivity contribution in [3.05, 3.63) is 52.0 Å². The first-order valence-corrected chi connectivity index (χ1v) is 9.68. The van der Waals surface area contributed by atoms with Crippen molar-refractivity contribution in [2.45, 2.75) is 33.6 Å². The maximum Gasteiger partial charge on any atom is 0.226 e. The number of fused-ring (bicyclic) bond motifs is 1. The molecule has 3 rings (SSSR count). The van der Waals surface area contributed by atoms with Crippen molar-refractivity contribution in [3.8, 4) is 5.75 Å². The van der Waals surface area contributed by atoms with E-state index in [9.17, 15) is 4.79 Å². The summed E-state index contributed by atoms with van der Waals surface area (Å²) in [5.74, 6) is 0.721. The van der Waals surface area contributed by atoms with E-state index in [1.165, 1.54) is 16.9 Å². The molecule has 0 spiro atoms. The van der Waals surface area contributed by atoms with Crippen molar-refractivity contribution < 1.29 is 9.53 Å². The molecule has 0 radical (unpaired) electrons. The molecule has 0 aliphatic heterocycles. The van der Waals surface area contributed by atoms with Crippen LogP contribution in [0.5, 0.6) is 5.75 Å². The van der Waals surface area contributed by atoms with Crippen LogP contribution in [0.15, 0.2) is 30.3 Å². The summed E-state index contributed by atoms with van der Waals surface area (Å²) in [4.78, 5) is 16.7. The Kier molecular flexibility index (Phi) is 5.79. The van der Waals surface area contributed by atoms with Gasteiger partial charge in [0.25, 0.3) is 0 Å². The van der Waals surface area contributed by atoms with E-state index in [-0.39, 0.29) is 5.91 Å². The van der Waals surface area contributed by atoms with Crippen molar-refractivity contribution in [1.82, 2.24) is 4.98 Å². The van der Waals surface area contributed by atoms with Gasteiger partial charge in [0, 0.05) is 11.4 Å². The highest BCUT2D eigenvalue weighted by molar-refractivity contribution is 7.22. The van der Waals surface area contributed by atoms with E-state index >= 15 is 0 Å². The molecule has 0 atom stereocenters. The zero-order valence-electron chi connectivity index (χ0n) is 15.1. The molecule has 1 aromatic heterocycles. The van der Waals surface area contributed by atoms with Gasteiger partial charge < -0.3 is 10.1 Å². The standard InChI is InChI=1S/C20H21ClN2O2S/c1-12-9-14(3)19-17(10-12)26-20(23-19)22-18(24)5-4-8-25-15-6-7-16(21)13(2)11-15/h6-7,9-11H,4-5,8H2,1-3H3,(H,22,23,24). The maximum atomic E-state index is 12.1. The lowest BCUT2D eigenvalue weighted by Crippen LogP contribution is -2.12. The van der Waals surface area contributed by atoms with Crippen LogP contribution in [-0.4, -0.2) is 17.5 Å². The third-order valence-corrected chi connectivity index (χ3v) is 5.36. The van der Waals surface area contributed by atoms with Crippen LogP contribution >= 0.6 is 22.9 Å². The zero-order chi connectivity index (χ0) is 18.7. The van der Waals surface area contributed by atoms with Gasteiger partial charge in [-0.25, -0.2) is 4.98 Å². The predicted octanol–water partition coefficient (Wildman–Crippen LogP) is 5.67. The minimum Gasteiger partial charge on any atom is -0.494 e. The monoisotopic (exact) mass is 388 g/mol. The largest absolute Gasteiger partial charge is 0.494 e. The fourth-order valence-electron chi connectivity index (χ4n) is 2.74. The summed E-state index contributed by atoms with van der Waals surface area (Å²) in [6, 6.07) is 9.74. The molecule has 6 heteroatoms. The topological polar surface area (TPSA) is 51.2 Å². The molecule has 0 unspecified atom stereocenters. The number of nitrogens with zero attached hydrogens (tertiary/aromatic N) is 1. The number of aromatic nitrogens is 1. The Hall–Kier alpha value is -2.11. The highest BCUT2D eigenvalue weighted by Crippen LogP contribution is 2.29. The molecular formula is C20H21ClN2O2S. The van der Waals surface area contributed by atoms with E-state index in [1.807, 2.05) is 32.0 Å². The van der Waals surface area contributed by atoms with Crippen molar-refractivity contribution in [2.24, 2.45) is 0 Å². The Balaban J connectivity index is 1.49. The molecule has 3 aromatic rings. The summed E-state index contributed by atoms with van der Waals surface area (Å²) in [6.07, 6.45) is 1.02. The molecule has 1 amide bonds. The van der Waals surface area contributed by atoms with Crippen LogP contribution in [0, 0.1) is 20.8 Å². The number of anilines is 1. The van der Waals surface area contributed by atoms with Crippen LogP contribution in [0.4, 0.5) is 5.13 Å². The second-order valence-electron chi connectivity index (χ2n) is 6.36. The molecule has 2 aromatic carbocycles. The summed E-state index contributed by atoms with van der Waals surface area (Å²) in [5, 5.41) is 4.26. The van der Waals surface area contributed by atoms with Gasteiger partial charge in [-0.1, -0.05) is 29.0 Å². The fourth-order valence-corrected chi connectivity index (χ4v) is 3.91. The zero-order valence-corrected chi connectivity index (χ0v) is 16.6. The fraction of sp³-hybridized carbons (Fsp3) is 0.300. The van der Waals surface area contributed by atoms with Gasteiger partial charge in [0.15, 0.2) is 5.13 Å². The molecule has 0 bridgehead atoms. The highest BCUT2D eigenvalue weighted by atomic mass is 35.5. The lowest BCUT2D eigenvalue weighted by atomic mass is 10.1. The van der Waals surface area contributed by atoms with Crippen molar-refractivity contribution in [1.29, 1.82) is 0 Å². The first-order valence-electron chi connectivity index (χ1n) is 8.49. The summed E-state index contributed by atoms with van der Waals surface area (Å²) >= 11 is 7.50. The molecule has 0 saturated carbocycles. The Morgan fingerprint density at radius 3 is 2.77 bits per heavy atom. The second kappa shape index (κ2) is 8.06. The number of carbonyl (C=O) groups is 1. The van der Waals surface area contributed by atoms with Crippen molar-refractivity contribution in [3.63, 3.8) is 0 Å². The molecule has 1 heterocycles. The lowest BCUT2D eigenvalue weighted by molar-refractivity contribution is -0.116. The smallest absolute Gasteiger partial charge is 0.226 e. The average Bonchev–Trinajstić information content (AvgIpc) is 2.97. The number of thiazole rings is 1. The summed E-state index contributed by atoms with van der Waals surface area (Å²) in [5.41, 5.74) is 4.26. The predicted molar refractivity (Wildman–Crippen MR) is 109 cm³/mol. The molecule has 26 heavy (non-hydrogen) atoms. The van der Waals surface area contributed by atoms with Gasteiger partial charge in [0.1, 0.15) is 5.75 Å². The lowest BCUT2D eigenvalue weighted by Gasteiger charge is -2.07. The van der Waals surface area contributed by atoms with E-state index < -0.39 is 0 Å². The van der Waals surface area contributed by atoms with E-state index in [0.717, 1.165) is 32.1 Å². The number of benzene rings is 2. The van der Waals surface area contributed by atoms with Gasteiger partial charge in [-0.2, -0.15) is 0 Å². The number of nitrogens with one attached hydrogen (secondary N) is 1. The molecule has 0 aliphatic rings. The van der Waals surface area contributed by atoms with Gasteiger partial charge in [-0.3, -0.25) is 4.79 Å². The molecule has 1 N–H and O–H groups in total. The summed E-state index contributed by atoms with van der Waals surface area (Å²) in [6.45, 7) is 6.51. The number of carbonyl (C=O) groups excluding carboxylic acids is 1. The van der Waals surface area contributed by atoms with Crippen LogP contribution < -0.4 is 10.1 Å². The molecule has 136 valence electrons. The normalized spacial score (nSPS) is 10.9. The van der Waals surface area contributed by atoms with E-state index in [0.29, 0.717) is 24.6 Å². The number of rotatable bonds is 6. The first kappa shape index (κ1) is 18.7. The Morgan fingerprint density at radius 2 is 2.00 bits per heavy atom. The van der Waals surface area contributed by atoms with Gasteiger partial charge in [0.2, 0.25) is 5.91 Å². The van der Waals surface area contributed by atoms with E-state index in [1.54, 1.807) is 0 Å². The van der Waals surface area contributed by atoms with Crippen LogP contribution in [0.1, 0.15) is 29.5 Å². The number of halogens is 1. The summed E-state index contributed by atoms with van der Waals surface area (Å²) < 4.78 is 6.76. The van der Waals surface area contributed by atoms with Crippen LogP contribution in [0.3, 0.4) is 0 Å². The third-order valence-electron chi connectivity index (χ3n) is 4.02. The number of hydrogen-bond donors (Lipinski definition) is 1. The van der Waals surface area contributed by atoms with E-state index in [2.05, 4.69) is 29.4 Å². The van der Waals surface area contributed by atoms with Gasteiger partial charge in [0.05, 0.1) is 16.8 Å². The highest BCUT2D eigenvalue weighted by Gasteiger charge is 2.10. The Morgan fingerprint density at radius 1 is 1.19 bits per heavy atom. The number of aryl methyl sites for hydroxylation is 3. The van der Waals surface area contributed by atoms with Gasteiger partial charge in [-0.15, -0.1) is 0 Å². The van der Waals surface area contributed by atoms with Crippen LogP contribution in [0.25, 0.3) is 10.2 Å². The van der Waals surface area contributed by atoms with Gasteiger partial charge >= 0.3 is 0 Å². The minimum atomic E-state index is -0.0469. The average molecular weight is 389 g/mol. The molecule has 0 fully saturated rings. The quantitative estimate of drug-likeness (QED) is 0.553. The Bertz CT molecular complexity index is 952.